The Labute approximate surface area is 162 Å². The molecular formula is C20H25F2N3OS. The lowest BCUT2D eigenvalue weighted by molar-refractivity contribution is 0.0635. The molecule has 146 valence electrons. The van der Waals surface area contributed by atoms with Gasteiger partial charge in [0.15, 0.2) is 0 Å². The van der Waals surface area contributed by atoms with Gasteiger partial charge in [-0.15, -0.1) is 11.3 Å². The van der Waals surface area contributed by atoms with E-state index >= 15 is 0 Å². The zero-order valence-electron chi connectivity index (χ0n) is 16.0. The fourth-order valence-corrected chi connectivity index (χ4v) is 4.75. The summed E-state index contributed by atoms with van der Waals surface area (Å²) in [5, 5.41) is 0.409. The Hall–Kier alpha value is -1.86. The van der Waals surface area contributed by atoms with Gasteiger partial charge in [0.2, 0.25) is 0 Å². The molecule has 0 bridgehead atoms. The Balaban J connectivity index is 1.74. The predicted molar refractivity (Wildman–Crippen MR) is 104 cm³/mol. The average molecular weight is 394 g/mol. The van der Waals surface area contributed by atoms with Gasteiger partial charge in [-0.25, -0.2) is 13.8 Å². The van der Waals surface area contributed by atoms with E-state index in [-0.39, 0.29) is 11.5 Å². The largest absolute Gasteiger partial charge is 0.338 e. The topological polar surface area (TPSA) is 36.4 Å². The van der Waals surface area contributed by atoms with E-state index in [2.05, 4.69) is 23.7 Å². The molecule has 1 aromatic heterocycles. The molecule has 2 aromatic rings. The highest BCUT2D eigenvalue weighted by Gasteiger charge is 2.28. The summed E-state index contributed by atoms with van der Waals surface area (Å²) < 4.78 is 27.2. The molecule has 0 aliphatic carbocycles. The van der Waals surface area contributed by atoms with Crippen LogP contribution < -0.4 is 0 Å². The van der Waals surface area contributed by atoms with E-state index in [0.29, 0.717) is 21.6 Å². The minimum atomic E-state index is -0.664. The van der Waals surface area contributed by atoms with Crippen molar-refractivity contribution in [1.29, 1.82) is 0 Å². The second-order valence-corrected chi connectivity index (χ2v) is 7.80. The molecule has 1 amide bonds. The minimum Gasteiger partial charge on any atom is -0.338 e. The smallest absolute Gasteiger partial charge is 0.265 e. The van der Waals surface area contributed by atoms with Gasteiger partial charge >= 0.3 is 0 Å². The van der Waals surface area contributed by atoms with Gasteiger partial charge < -0.3 is 9.80 Å². The maximum absolute atomic E-state index is 14.0. The zero-order valence-corrected chi connectivity index (χ0v) is 16.8. The van der Waals surface area contributed by atoms with Crippen molar-refractivity contribution in [3.05, 3.63) is 40.4 Å². The summed E-state index contributed by atoms with van der Waals surface area (Å²) in [4.78, 5) is 22.1. The molecule has 0 saturated carbocycles. The lowest BCUT2D eigenvalue weighted by Crippen LogP contribution is -2.46. The van der Waals surface area contributed by atoms with Gasteiger partial charge in [0, 0.05) is 30.8 Å². The number of nitrogens with zero attached hydrogens (tertiary/aromatic N) is 3. The van der Waals surface area contributed by atoms with E-state index in [9.17, 15) is 13.6 Å². The molecule has 7 heteroatoms. The van der Waals surface area contributed by atoms with Gasteiger partial charge in [0.05, 0.1) is 5.69 Å². The van der Waals surface area contributed by atoms with Crippen LogP contribution in [0.25, 0.3) is 10.6 Å². The van der Waals surface area contributed by atoms with Gasteiger partial charge in [-0.3, -0.25) is 4.79 Å². The van der Waals surface area contributed by atoms with Gasteiger partial charge in [-0.1, -0.05) is 13.8 Å². The van der Waals surface area contributed by atoms with Crippen LogP contribution in [0.2, 0.25) is 0 Å². The Morgan fingerprint density at radius 3 is 2.52 bits per heavy atom. The van der Waals surface area contributed by atoms with E-state index in [1.165, 1.54) is 23.5 Å². The number of halogens is 2. The van der Waals surface area contributed by atoms with Crippen LogP contribution in [0.15, 0.2) is 18.2 Å². The third-order valence-electron chi connectivity index (χ3n) is 5.23. The third-order valence-corrected chi connectivity index (χ3v) is 6.41. The summed E-state index contributed by atoms with van der Waals surface area (Å²) in [5.74, 6) is -1.34. The van der Waals surface area contributed by atoms with E-state index in [4.69, 9.17) is 0 Å². The Kier molecular flexibility index (Phi) is 6.22. The van der Waals surface area contributed by atoms with Crippen LogP contribution in [0.5, 0.6) is 0 Å². The molecule has 1 aromatic carbocycles. The number of rotatable bonds is 5. The van der Waals surface area contributed by atoms with Crippen LogP contribution in [-0.4, -0.2) is 52.9 Å². The van der Waals surface area contributed by atoms with Crippen LogP contribution in [0.1, 0.15) is 42.1 Å². The van der Waals surface area contributed by atoms with Crippen molar-refractivity contribution < 1.29 is 13.6 Å². The van der Waals surface area contributed by atoms with Crippen molar-refractivity contribution >= 4 is 17.2 Å². The van der Waals surface area contributed by atoms with Crippen LogP contribution >= 0.6 is 11.3 Å². The van der Waals surface area contributed by atoms with Crippen molar-refractivity contribution in [1.82, 2.24) is 14.8 Å². The predicted octanol–water partition coefficient (Wildman–Crippen LogP) is 4.34. The van der Waals surface area contributed by atoms with E-state index in [1.54, 1.807) is 6.92 Å². The summed E-state index contributed by atoms with van der Waals surface area (Å²) in [7, 11) is 0. The fourth-order valence-electron chi connectivity index (χ4n) is 3.69. The first kappa shape index (κ1) is 19.9. The number of hydrogen-bond acceptors (Lipinski definition) is 4. The van der Waals surface area contributed by atoms with Crippen molar-refractivity contribution in [2.45, 2.75) is 39.7 Å². The third kappa shape index (κ3) is 4.19. The summed E-state index contributed by atoms with van der Waals surface area (Å²) in [6, 6.07) is 3.93. The number of piperidine rings is 1. The average Bonchev–Trinajstić information content (AvgIpc) is 3.04. The zero-order chi connectivity index (χ0) is 19.6. The first-order chi connectivity index (χ1) is 12.9. The highest BCUT2D eigenvalue weighted by molar-refractivity contribution is 7.17. The monoisotopic (exact) mass is 393 g/mol. The molecule has 1 fully saturated rings. The summed E-state index contributed by atoms with van der Waals surface area (Å²) in [6.07, 6.45) is 1.93. The molecule has 0 spiro atoms. The summed E-state index contributed by atoms with van der Waals surface area (Å²) in [5.41, 5.74) is 0.818. The number of carbonyl (C=O) groups is 1. The summed E-state index contributed by atoms with van der Waals surface area (Å²) >= 11 is 1.18. The highest BCUT2D eigenvalue weighted by Crippen LogP contribution is 2.31. The number of benzene rings is 1. The van der Waals surface area contributed by atoms with Crippen molar-refractivity contribution in [3.63, 3.8) is 0 Å². The number of thiazole rings is 1. The van der Waals surface area contributed by atoms with Crippen molar-refractivity contribution in [2.24, 2.45) is 0 Å². The fraction of sp³-hybridized carbons (Fsp3) is 0.500. The maximum Gasteiger partial charge on any atom is 0.265 e. The molecule has 0 N–H and O–H groups in total. The Bertz CT molecular complexity index is 812. The normalized spacial score (nSPS) is 15.6. The van der Waals surface area contributed by atoms with E-state index < -0.39 is 11.6 Å². The minimum absolute atomic E-state index is 0.0447. The standard InChI is InChI=1S/C20H25F2N3OS/c1-4-24(5-2)15-8-10-25(11-9-15)20(26)18-13(3)23-19(27-18)16-7-6-14(21)12-17(16)22/h6-7,12,15H,4-5,8-11H2,1-3H3. The lowest BCUT2D eigenvalue weighted by atomic mass is 10.0. The SMILES string of the molecule is CCN(CC)C1CCN(C(=O)c2sc(-c3ccc(F)cc3F)nc2C)CC1. The van der Waals surface area contributed by atoms with E-state index in [1.807, 2.05) is 4.90 Å². The van der Waals surface area contributed by atoms with Crippen LogP contribution in [0.4, 0.5) is 8.78 Å². The molecule has 0 radical (unpaired) electrons. The van der Waals surface area contributed by atoms with Gasteiger partial charge in [0.1, 0.15) is 21.5 Å². The van der Waals surface area contributed by atoms with Gasteiger partial charge in [-0.2, -0.15) is 0 Å². The van der Waals surface area contributed by atoms with Crippen molar-refractivity contribution in [2.75, 3.05) is 26.2 Å². The molecule has 4 nitrogen and oxygen atoms in total. The molecule has 1 aliphatic rings. The number of aromatic nitrogens is 1. The van der Waals surface area contributed by atoms with Gasteiger partial charge in [-0.05, 0) is 45.0 Å². The van der Waals surface area contributed by atoms with Crippen LogP contribution in [-0.2, 0) is 0 Å². The quantitative estimate of drug-likeness (QED) is 0.758. The van der Waals surface area contributed by atoms with Crippen molar-refractivity contribution in [3.8, 4) is 10.6 Å². The number of carbonyl (C=O) groups excluding carboxylic acids is 1. The van der Waals surface area contributed by atoms with Gasteiger partial charge in [0.25, 0.3) is 5.91 Å². The van der Waals surface area contributed by atoms with Crippen LogP contribution in [0.3, 0.4) is 0 Å². The molecule has 1 saturated heterocycles. The number of aryl methyl sites for hydroxylation is 1. The molecule has 2 heterocycles. The number of likely N-dealkylation sites (tertiary alicyclic amines) is 1. The number of hydrogen-bond donors (Lipinski definition) is 0. The molecular weight excluding hydrogens is 368 g/mol. The number of amides is 1. The highest BCUT2D eigenvalue weighted by atomic mass is 32.1. The second-order valence-electron chi connectivity index (χ2n) is 6.80. The molecule has 0 atom stereocenters. The Morgan fingerprint density at radius 1 is 1.26 bits per heavy atom. The molecule has 0 unspecified atom stereocenters. The maximum atomic E-state index is 14.0. The second kappa shape index (κ2) is 8.44. The summed E-state index contributed by atoms with van der Waals surface area (Å²) in [6.45, 7) is 9.58. The molecule has 3 rings (SSSR count). The molecule has 1 aliphatic heterocycles. The Morgan fingerprint density at radius 2 is 1.93 bits per heavy atom. The first-order valence-electron chi connectivity index (χ1n) is 9.40. The van der Waals surface area contributed by atoms with Crippen LogP contribution in [0, 0.1) is 18.6 Å². The van der Waals surface area contributed by atoms with E-state index in [0.717, 1.165) is 45.1 Å². The molecule has 27 heavy (non-hydrogen) atoms. The first-order valence-corrected chi connectivity index (χ1v) is 10.2. The lowest BCUT2D eigenvalue weighted by Gasteiger charge is -2.37.